The van der Waals surface area contributed by atoms with Gasteiger partial charge in [-0.2, -0.15) is 9.48 Å². The minimum absolute atomic E-state index is 0.0368. The average Bonchev–Trinajstić information content (AvgIpc) is 2.18. The second-order valence-corrected chi connectivity index (χ2v) is 3.58. The van der Waals surface area contributed by atoms with Crippen molar-refractivity contribution in [3.63, 3.8) is 0 Å². The lowest BCUT2D eigenvalue weighted by molar-refractivity contribution is -0.437. The Hall–Kier alpha value is -1.72. The molecule has 16 heavy (non-hydrogen) atoms. The van der Waals surface area contributed by atoms with Crippen LogP contribution in [-0.4, -0.2) is 46.1 Å². The Kier molecular flexibility index (Phi) is 3.41. The molecule has 1 aliphatic rings. The normalized spacial score (nSPS) is 21.7. The summed E-state index contributed by atoms with van der Waals surface area (Å²) < 4.78 is 1.26. The first-order valence-electron chi connectivity index (χ1n) is 5.21. The molecule has 0 fully saturated rings. The summed E-state index contributed by atoms with van der Waals surface area (Å²) in [7, 11) is 0. The van der Waals surface area contributed by atoms with Crippen LogP contribution in [0.3, 0.4) is 0 Å². The number of ketones is 1. The van der Waals surface area contributed by atoms with Gasteiger partial charge >= 0.3 is 11.9 Å². The van der Waals surface area contributed by atoms with E-state index in [0.717, 1.165) is 4.90 Å². The van der Waals surface area contributed by atoms with E-state index in [1.165, 1.54) is 11.5 Å². The molecule has 6 heteroatoms. The van der Waals surface area contributed by atoms with Crippen molar-refractivity contribution in [2.24, 2.45) is 11.7 Å². The molecule has 0 saturated heterocycles. The summed E-state index contributed by atoms with van der Waals surface area (Å²) in [6.45, 7) is 5.31. The minimum atomic E-state index is -1.02. The second-order valence-electron chi connectivity index (χ2n) is 3.58. The molecule has 0 spiro atoms. The predicted octanol–water partition coefficient (Wildman–Crippen LogP) is -0.437. The van der Waals surface area contributed by atoms with Gasteiger partial charge in [0.2, 0.25) is 5.84 Å². The van der Waals surface area contributed by atoms with Gasteiger partial charge in [0.1, 0.15) is 0 Å². The van der Waals surface area contributed by atoms with Crippen molar-refractivity contribution in [2.45, 2.75) is 20.8 Å². The predicted molar refractivity (Wildman–Crippen MR) is 56.9 cm³/mol. The standard InChI is InChI=1S/C10H15N3O3/c1-4-12-8(11)7(6(3)14)9(15)13(5-2)10(12)16/h7,11H,4-5H2,1-3H3/p+1. The van der Waals surface area contributed by atoms with Gasteiger partial charge in [-0.05, 0) is 20.8 Å². The molecule has 1 atom stereocenters. The van der Waals surface area contributed by atoms with Crippen LogP contribution < -0.4 is 5.73 Å². The number of hydrogen-bond donors (Lipinski definition) is 1. The number of urea groups is 1. The van der Waals surface area contributed by atoms with Crippen LogP contribution in [0.4, 0.5) is 4.79 Å². The van der Waals surface area contributed by atoms with Crippen LogP contribution in [0.15, 0.2) is 0 Å². The van der Waals surface area contributed by atoms with Crippen LogP contribution in [-0.2, 0) is 9.59 Å². The van der Waals surface area contributed by atoms with E-state index in [4.69, 9.17) is 5.73 Å². The van der Waals surface area contributed by atoms with Gasteiger partial charge in [-0.25, -0.2) is 4.79 Å². The van der Waals surface area contributed by atoms with Crippen LogP contribution in [0, 0.1) is 5.92 Å². The zero-order valence-corrected chi connectivity index (χ0v) is 9.69. The number of imide groups is 1. The van der Waals surface area contributed by atoms with E-state index >= 15 is 0 Å². The maximum absolute atomic E-state index is 11.8. The highest BCUT2D eigenvalue weighted by Crippen LogP contribution is 2.13. The molecule has 1 aliphatic heterocycles. The van der Waals surface area contributed by atoms with Crippen LogP contribution in [0.25, 0.3) is 0 Å². The van der Waals surface area contributed by atoms with Gasteiger partial charge in [0.15, 0.2) is 11.7 Å². The molecule has 6 nitrogen and oxygen atoms in total. The van der Waals surface area contributed by atoms with E-state index in [2.05, 4.69) is 0 Å². The van der Waals surface area contributed by atoms with E-state index in [9.17, 15) is 14.4 Å². The summed E-state index contributed by atoms with van der Waals surface area (Å²) in [4.78, 5) is 36.0. The fourth-order valence-electron chi connectivity index (χ4n) is 1.78. The summed E-state index contributed by atoms with van der Waals surface area (Å²) in [6, 6.07) is -0.454. The molecule has 88 valence electrons. The zero-order chi connectivity index (χ0) is 12.5. The van der Waals surface area contributed by atoms with Gasteiger partial charge < -0.3 is 5.73 Å². The SMILES string of the molecule is CCN1C(=O)C(C(C)=O)C(N)=[N+](CC)C1=O. The van der Waals surface area contributed by atoms with Crippen molar-refractivity contribution in [1.82, 2.24) is 4.90 Å². The van der Waals surface area contributed by atoms with Gasteiger partial charge in [0.05, 0.1) is 13.1 Å². The summed E-state index contributed by atoms with van der Waals surface area (Å²) in [5.74, 6) is -1.85. The fourth-order valence-corrected chi connectivity index (χ4v) is 1.78. The highest BCUT2D eigenvalue weighted by molar-refractivity contribution is 6.22. The third-order valence-corrected chi connectivity index (χ3v) is 2.62. The van der Waals surface area contributed by atoms with E-state index < -0.39 is 17.9 Å². The van der Waals surface area contributed by atoms with Crippen LogP contribution in [0.1, 0.15) is 20.8 Å². The first-order valence-corrected chi connectivity index (χ1v) is 5.21. The molecule has 0 aromatic carbocycles. The van der Waals surface area contributed by atoms with E-state index in [-0.39, 0.29) is 18.2 Å². The maximum atomic E-state index is 11.8. The Morgan fingerprint density at radius 1 is 1.44 bits per heavy atom. The lowest BCUT2D eigenvalue weighted by Gasteiger charge is -2.25. The molecule has 0 bridgehead atoms. The first-order chi connectivity index (χ1) is 7.45. The highest BCUT2D eigenvalue weighted by Gasteiger charge is 2.46. The lowest BCUT2D eigenvalue weighted by Crippen LogP contribution is -2.58. The molecule has 1 unspecified atom stereocenters. The Morgan fingerprint density at radius 3 is 2.38 bits per heavy atom. The quantitative estimate of drug-likeness (QED) is 0.522. The fraction of sp³-hybridized carbons (Fsp3) is 0.600. The molecule has 0 radical (unpaired) electrons. The number of Topliss-reactive ketones (excluding diaryl/α,β-unsaturated/α-hetero) is 1. The topological polar surface area (TPSA) is 83.5 Å². The lowest BCUT2D eigenvalue weighted by atomic mass is 10.0. The first kappa shape index (κ1) is 12.4. The van der Waals surface area contributed by atoms with Crippen LogP contribution >= 0.6 is 0 Å². The smallest absolute Gasteiger partial charge is 0.321 e. The van der Waals surface area contributed by atoms with Crippen LogP contribution in [0.5, 0.6) is 0 Å². The molecule has 1 rings (SSSR count). The van der Waals surface area contributed by atoms with Crippen molar-refractivity contribution < 1.29 is 19.0 Å². The molecule has 1 heterocycles. The number of amides is 3. The van der Waals surface area contributed by atoms with E-state index in [0.29, 0.717) is 6.54 Å². The van der Waals surface area contributed by atoms with Gasteiger partial charge in [-0.15, -0.1) is 0 Å². The number of carbonyl (C=O) groups is 3. The maximum Gasteiger partial charge on any atom is 0.445 e. The third-order valence-electron chi connectivity index (χ3n) is 2.62. The summed E-state index contributed by atoms with van der Waals surface area (Å²) in [5, 5.41) is 0. The average molecular weight is 226 g/mol. The zero-order valence-electron chi connectivity index (χ0n) is 9.69. The number of hydrogen-bond acceptors (Lipinski definition) is 4. The molecule has 2 N–H and O–H groups in total. The largest absolute Gasteiger partial charge is 0.445 e. The number of carbonyl (C=O) groups excluding carboxylic acids is 3. The number of nitrogens with zero attached hydrogens (tertiary/aromatic N) is 2. The highest BCUT2D eigenvalue weighted by atomic mass is 16.2. The Balaban J connectivity index is 3.31. The summed E-state index contributed by atoms with van der Waals surface area (Å²) >= 11 is 0. The molecule has 0 aromatic rings. The summed E-state index contributed by atoms with van der Waals surface area (Å²) in [6.07, 6.45) is 0. The monoisotopic (exact) mass is 226 g/mol. The van der Waals surface area contributed by atoms with Crippen molar-refractivity contribution >= 4 is 23.6 Å². The number of amidine groups is 1. The van der Waals surface area contributed by atoms with E-state index in [1.807, 2.05) is 0 Å². The van der Waals surface area contributed by atoms with Crippen molar-refractivity contribution in [3.05, 3.63) is 0 Å². The number of rotatable bonds is 3. The van der Waals surface area contributed by atoms with Gasteiger partial charge in [-0.1, -0.05) is 0 Å². The molecular weight excluding hydrogens is 210 g/mol. The van der Waals surface area contributed by atoms with Gasteiger partial charge in [0, 0.05) is 0 Å². The van der Waals surface area contributed by atoms with E-state index in [1.54, 1.807) is 13.8 Å². The van der Waals surface area contributed by atoms with Crippen LogP contribution in [0.2, 0.25) is 0 Å². The number of nitrogens with two attached hydrogens (primary N) is 1. The minimum Gasteiger partial charge on any atom is -0.321 e. The molecule has 0 aliphatic carbocycles. The molecule has 0 aromatic heterocycles. The third kappa shape index (κ3) is 1.70. The van der Waals surface area contributed by atoms with Crippen molar-refractivity contribution in [1.29, 1.82) is 0 Å². The van der Waals surface area contributed by atoms with Crippen molar-refractivity contribution in [3.8, 4) is 0 Å². The molecular formula is C10H16N3O3+. The van der Waals surface area contributed by atoms with Crippen molar-refractivity contribution in [2.75, 3.05) is 13.1 Å². The second kappa shape index (κ2) is 4.42. The Labute approximate surface area is 93.7 Å². The molecule has 3 amide bonds. The van der Waals surface area contributed by atoms with Gasteiger partial charge in [-0.3, -0.25) is 9.59 Å². The summed E-state index contributed by atoms with van der Waals surface area (Å²) in [5.41, 5.74) is 5.69. The van der Waals surface area contributed by atoms with Gasteiger partial charge in [0.25, 0.3) is 0 Å². The molecule has 0 saturated carbocycles. The Bertz CT molecular complexity index is 387. The Morgan fingerprint density at radius 2 is 2.00 bits per heavy atom.